The van der Waals surface area contributed by atoms with Crippen LogP contribution in [0.3, 0.4) is 0 Å². The van der Waals surface area contributed by atoms with E-state index < -0.39 is 17.8 Å². The second-order valence-corrected chi connectivity index (χ2v) is 5.38. The van der Waals surface area contributed by atoms with Crippen molar-refractivity contribution in [2.24, 2.45) is 0 Å². The molecule has 0 spiro atoms. The summed E-state index contributed by atoms with van der Waals surface area (Å²) in [6.45, 7) is 6.42. The molecule has 1 heterocycles. The third-order valence-electron chi connectivity index (χ3n) is 1.75. The van der Waals surface area contributed by atoms with E-state index in [1.807, 2.05) is 6.26 Å². The Morgan fingerprint density at radius 1 is 1.71 bits per heavy atom. The highest BCUT2D eigenvalue weighted by Crippen LogP contribution is 2.17. The van der Waals surface area contributed by atoms with Crippen molar-refractivity contribution in [2.45, 2.75) is 32.5 Å². The fraction of sp³-hybridized carbons (Fsp3) is 0.700. The average Bonchev–Trinajstić information content (AvgIpc) is 2.47. The van der Waals surface area contributed by atoms with Gasteiger partial charge in [0.2, 0.25) is 5.90 Å². The predicted octanol–water partition coefficient (Wildman–Crippen LogP) is 2.06. The van der Waals surface area contributed by atoms with Gasteiger partial charge in [0.15, 0.2) is 0 Å². The van der Waals surface area contributed by atoms with Gasteiger partial charge in [-0.25, -0.2) is 0 Å². The van der Waals surface area contributed by atoms with E-state index in [1.54, 1.807) is 20.8 Å². The minimum absolute atomic E-state index is 0.106. The Kier molecular flexibility index (Phi) is 4.53. The van der Waals surface area contributed by atoms with E-state index in [9.17, 15) is 9.90 Å². The molecular weight excluding hydrogens is 244 g/mol. The molecule has 6 nitrogen and oxygen atoms in total. The summed E-state index contributed by atoms with van der Waals surface area (Å²) in [7, 11) is 0. The van der Waals surface area contributed by atoms with Gasteiger partial charge in [-0.05, 0) is 27.0 Å². The van der Waals surface area contributed by atoms with Crippen molar-refractivity contribution >= 4 is 23.8 Å². The summed E-state index contributed by atoms with van der Waals surface area (Å²) in [4.78, 5) is 11.4. The summed E-state index contributed by atoms with van der Waals surface area (Å²) in [5.41, 5.74) is 2.95. The molecule has 0 radical (unpaired) electrons. The lowest BCUT2D eigenvalue weighted by Gasteiger charge is -2.25. The number of carbonyl (C=O) groups is 1. The number of hydrogen-bond acceptors (Lipinski definition) is 4. The van der Waals surface area contributed by atoms with Gasteiger partial charge in [-0.2, -0.15) is 11.8 Å². The summed E-state index contributed by atoms with van der Waals surface area (Å²) in [5.74, 6) is 0.480. The number of hydrogen-bond donors (Lipinski definition) is 1. The maximum Gasteiger partial charge on any atom is 0.280 e. The van der Waals surface area contributed by atoms with E-state index in [-0.39, 0.29) is 5.90 Å². The van der Waals surface area contributed by atoms with Crippen molar-refractivity contribution in [3.8, 4) is 0 Å². The number of rotatable bonds is 3. The van der Waals surface area contributed by atoms with Gasteiger partial charge in [-0.1, -0.05) is 0 Å². The van der Waals surface area contributed by atoms with Gasteiger partial charge in [-0.15, -0.1) is 0 Å². The van der Waals surface area contributed by atoms with Crippen LogP contribution in [0.2, 0.25) is 0 Å². The third kappa shape index (κ3) is 4.35. The molecule has 1 atom stereocenters. The van der Waals surface area contributed by atoms with Gasteiger partial charge in [0.1, 0.15) is 18.4 Å². The third-order valence-corrected chi connectivity index (χ3v) is 2.38. The van der Waals surface area contributed by atoms with Crippen molar-refractivity contribution in [1.29, 1.82) is 0 Å². The first-order chi connectivity index (χ1) is 7.83. The zero-order valence-electron chi connectivity index (χ0n) is 10.3. The molecule has 0 aromatic carbocycles. The number of amides is 1. The van der Waals surface area contributed by atoms with E-state index in [0.29, 0.717) is 5.75 Å². The van der Waals surface area contributed by atoms with Crippen molar-refractivity contribution in [2.75, 3.05) is 12.0 Å². The molecule has 1 aliphatic rings. The molecule has 1 rings (SSSR count). The summed E-state index contributed by atoms with van der Waals surface area (Å²) < 4.78 is 11.1. The summed E-state index contributed by atoms with van der Waals surface area (Å²) >= 11 is 1.52. The Labute approximate surface area is 105 Å². The molecular formula is C10H17N2O4S-. The first-order valence-electron chi connectivity index (χ1n) is 5.11. The molecule has 1 amide bonds. The smallest absolute Gasteiger partial charge is 0.280 e. The predicted molar refractivity (Wildman–Crippen MR) is 65.0 cm³/mol. The van der Waals surface area contributed by atoms with Crippen molar-refractivity contribution in [3.05, 3.63) is 12.2 Å². The second kappa shape index (κ2) is 5.50. The minimum Gasteiger partial charge on any atom is -0.546 e. The lowest BCUT2D eigenvalue weighted by Crippen LogP contribution is -2.26. The van der Waals surface area contributed by atoms with Crippen LogP contribution in [0.15, 0.2) is 0 Å². The Morgan fingerprint density at radius 3 is 2.88 bits per heavy atom. The molecule has 1 N–H and O–H groups in total. The Balaban J connectivity index is 2.55. The van der Waals surface area contributed by atoms with E-state index >= 15 is 0 Å². The largest absolute Gasteiger partial charge is 0.546 e. The normalized spacial score (nSPS) is 20.1. The number of aliphatic hydroxyl groups is 1. The molecule has 7 heteroatoms. The molecule has 1 aliphatic heterocycles. The number of thioether (sulfide) groups is 1. The Hall–Kier alpha value is -1.08. The van der Waals surface area contributed by atoms with Crippen LogP contribution in [-0.2, 0) is 9.47 Å². The first-order valence-corrected chi connectivity index (χ1v) is 6.50. The molecule has 0 aromatic heterocycles. The van der Waals surface area contributed by atoms with E-state index in [1.165, 1.54) is 18.5 Å². The highest BCUT2D eigenvalue weighted by atomic mass is 32.2. The SMILES string of the molecule is CSCC1O[CH-][N+]([N-]C(=O)OC(C)(C)C)=C1O. The van der Waals surface area contributed by atoms with Crippen molar-refractivity contribution in [3.63, 3.8) is 0 Å². The van der Waals surface area contributed by atoms with Crippen LogP contribution in [0.4, 0.5) is 4.79 Å². The van der Waals surface area contributed by atoms with Crippen LogP contribution in [0.1, 0.15) is 20.8 Å². The van der Waals surface area contributed by atoms with Crippen LogP contribution in [0.5, 0.6) is 0 Å². The highest BCUT2D eigenvalue weighted by Gasteiger charge is 2.22. The summed E-state index contributed by atoms with van der Waals surface area (Å²) in [5, 5.41) is 9.70. The van der Waals surface area contributed by atoms with Gasteiger partial charge < -0.3 is 24.7 Å². The number of aliphatic hydroxyl groups excluding tert-OH is 1. The molecule has 98 valence electrons. The molecule has 0 aromatic rings. The maximum atomic E-state index is 11.4. The van der Waals surface area contributed by atoms with Crippen LogP contribution in [0.25, 0.3) is 5.43 Å². The first kappa shape index (κ1) is 14.0. The maximum absolute atomic E-state index is 11.4. The molecule has 1 unspecified atom stereocenters. The number of carbonyl (C=O) groups excluding carboxylic acids is 1. The lowest BCUT2D eigenvalue weighted by molar-refractivity contribution is -0.456. The van der Waals surface area contributed by atoms with E-state index in [0.717, 1.165) is 4.68 Å². The van der Waals surface area contributed by atoms with Gasteiger partial charge in [0.25, 0.3) is 6.09 Å². The average molecular weight is 261 g/mol. The molecule has 0 saturated carbocycles. The summed E-state index contributed by atoms with van der Waals surface area (Å²) in [6, 6.07) is 0. The number of nitrogens with zero attached hydrogens (tertiary/aromatic N) is 2. The highest BCUT2D eigenvalue weighted by molar-refractivity contribution is 7.98. The van der Waals surface area contributed by atoms with Gasteiger partial charge in [0, 0.05) is 5.75 Å². The number of ether oxygens (including phenoxy) is 2. The van der Waals surface area contributed by atoms with Crippen LogP contribution in [-0.4, -0.2) is 45.5 Å². The molecule has 17 heavy (non-hydrogen) atoms. The van der Waals surface area contributed by atoms with Crippen molar-refractivity contribution in [1.82, 2.24) is 0 Å². The quantitative estimate of drug-likeness (QED) is 0.622. The van der Waals surface area contributed by atoms with Crippen LogP contribution in [0, 0.1) is 6.73 Å². The topological polar surface area (TPSA) is 72.9 Å². The van der Waals surface area contributed by atoms with Crippen LogP contribution >= 0.6 is 11.8 Å². The zero-order valence-corrected chi connectivity index (χ0v) is 11.2. The Bertz CT molecular complexity index is 325. The van der Waals surface area contributed by atoms with Gasteiger partial charge >= 0.3 is 0 Å². The second-order valence-electron chi connectivity index (χ2n) is 4.47. The molecule has 0 aliphatic carbocycles. The van der Waals surface area contributed by atoms with Gasteiger partial charge in [-0.3, -0.25) is 4.79 Å². The van der Waals surface area contributed by atoms with Crippen molar-refractivity contribution < 1.29 is 24.1 Å². The molecule has 0 fully saturated rings. The van der Waals surface area contributed by atoms with E-state index in [2.05, 4.69) is 5.43 Å². The molecule has 0 saturated heterocycles. The fourth-order valence-corrected chi connectivity index (χ4v) is 1.63. The standard InChI is InChI=1S/C10H17N2O4S/c1-10(2,3)16-9(14)11-12-6-15-7(5-17-4)8(12)13/h6-7H,5H2,1-4H3,(H-,11,13,14)/q-1. The van der Waals surface area contributed by atoms with E-state index in [4.69, 9.17) is 9.47 Å². The Morgan fingerprint density at radius 2 is 2.35 bits per heavy atom. The van der Waals surface area contributed by atoms with Gasteiger partial charge in [0.05, 0.1) is 0 Å². The molecule has 0 bridgehead atoms. The lowest BCUT2D eigenvalue weighted by atomic mass is 10.2. The fourth-order valence-electron chi connectivity index (χ4n) is 1.10. The monoisotopic (exact) mass is 261 g/mol. The van der Waals surface area contributed by atoms with Crippen LogP contribution < -0.4 is 0 Å². The zero-order chi connectivity index (χ0) is 13.1. The minimum atomic E-state index is -0.770. The summed E-state index contributed by atoms with van der Waals surface area (Å²) in [6.07, 6.45) is 0.662.